The highest BCUT2D eigenvalue weighted by Crippen LogP contribution is 2.29. The Kier molecular flexibility index (Phi) is 1.82. The van der Waals surface area contributed by atoms with E-state index in [9.17, 15) is 0 Å². The number of hydrogen-bond acceptors (Lipinski definition) is 1. The lowest BCUT2D eigenvalue weighted by Crippen LogP contribution is -2.25. The van der Waals surface area contributed by atoms with Crippen LogP contribution in [0.3, 0.4) is 0 Å². The van der Waals surface area contributed by atoms with E-state index < -0.39 is 4.87 Å². The van der Waals surface area contributed by atoms with Gasteiger partial charge in [0.15, 0.2) is 4.87 Å². The molecule has 2 heteroatoms. The zero-order valence-corrected chi connectivity index (χ0v) is 6.47. The predicted octanol–water partition coefficient (Wildman–Crippen LogP) is 2.25. The molecule has 0 heterocycles. The maximum absolute atomic E-state index is 8.65. The van der Waals surface area contributed by atoms with Crippen LogP contribution in [0.1, 0.15) is 6.92 Å². The standard InChI is InChI=1S/C8H8ClN/c1-7-4-2-3-5-8(7,9)6-10/h2-5,7H,1H3. The first-order valence-electron chi connectivity index (χ1n) is 3.15. The maximum atomic E-state index is 8.65. The number of allylic oxidation sites excluding steroid dienone is 4. The molecule has 0 aliphatic heterocycles. The molecule has 0 aromatic carbocycles. The second-order valence-electron chi connectivity index (χ2n) is 2.41. The van der Waals surface area contributed by atoms with E-state index in [1.165, 1.54) is 0 Å². The Labute approximate surface area is 65.6 Å². The van der Waals surface area contributed by atoms with Crippen molar-refractivity contribution in [1.29, 1.82) is 5.26 Å². The van der Waals surface area contributed by atoms with Crippen LogP contribution in [0.15, 0.2) is 24.3 Å². The Balaban J connectivity index is 2.91. The number of alkyl halides is 1. The number of nitrogens with zero attached hydrogens (tertiary/aromatic N) is 1. The van der Waals surface area contributed by atoms with Gasteiger partial charge in [0.2, 0.25) is 0 Å². The van der Waals surface area contributed by atoms with E-state index in [-0.39, 0.29) is 5.92 Å². The zero-order chi connectivity index (χ0) is 7.61. The average Bonchev–Trinajstić information content (AvgIpc) is 1.96. The summed E-state index contributed by atoms with van der Waals surface area (Å²) in [6, 6.07) is 2.06. The van der Waals surface area contributed by atoms with Crippen LogP contribution in [0.4, 0.5) is 0 Å². The van der Waals surface area contributed by atoms with Gasteiger partial charge in [0.1, 0.15) is 0 Å². The summed E-state index contributed by atoms with van der Waals surface area (Å²) < 4.78 is 0. The van der Waals surface area contributed by atoms with Crippen LogP contribution in [0.5, 0.6) is 0 Å². The molecule has 1 aliphatic carbocycles. The molecule has 1 rings (SSSR count). The fraction of sp³-hybridized carbons (Fsp3) is 0.375. The Bertz CT molecular complexity index is 224. The van der Waals surface area contributed by atoms with E-state index >= 15 is 0 Å². The van der Waals surface area contributed by atoms with Crippen LogP contribution >= 0.6 is 11.6 Å². The van der Waals surface area contributed by atoms with E-state index in [0.717, 1.165) is 0 Å². The Morgan fingerprint density at radius 2 is 2.30 bits per heavy atom. The first-order valence-corrected chi connectivity index (χ1v) is 3.53. The third kappa shape index (κ3) is 1.08. The lowest BCUT2D eigenvalue weighted by Gasteiger charge is -2.21. The Hall–Kier alpha value is -0.740. The van der Waals surface area contributed by atoms with Crippen LogP contribution in [-0.4, -0.2) is 4.87 Å². The van der Waals surface area contributed by atoms with Crippen molar-refractivity contribution < 1.29 is 0 Å². The summed E-state index contributed by atoms with van der Waals surface area (Å²) in [5, 5.41) is 8.65. The zero-order valence-electron chi connectivity index (χ0n) is 5.71. The van der Waals surface area contributed by atoms with Gasteiger partial charge >= 0.3 is 0 Å². The highest BCUT2D eigenvalue weighted by Gasteiger charge is 2.30. The number of nitriles is 1. The molecule has 2 atom stereocenters. The minimum Gasteiger partial charge on any atom is -0.196 e. The van der Waals surface area contributed by atoms with Crippen molar-refractivity contribution >= 4 is 11.6 Å². The van der Waals surface area contributed by atoms with Gasteiger partial charge in [-0.15, -0.1) is 0 Å². The third-order valence-corrected chi connectivity index (χ3v) is 2.24. The van der Waals surface area contributed by atoms with Crippen molar-refractivity contribution in [2.75, 3.05) is 0 Å². The van der Waals surface area contributed by atoms with E-state index in [1.54, 1.807) is 12.2 Å². The molecule has 52 valence electrons. The quantitative estimate of drug-likeness (QED) is 0.490. The van der Waals surface area contributed by atoms with Crippen LogP contribution in [0.2, 0.25) is 0 Å². The molecule has 0 N–H and O–H groups in total. The molecule has 10 heavy (non-hydrogen) atoms. The average molecular weight is 154 g/mol. The maximum Gasteiger partial charge on any atom is 0.155 e. The summed E-state index contributed by atoms with van der Waals surface area (Å²) in [5.74, 6) is 0.101. The van der Waals surface area contributed by atoms with Gasteiger partial charge in [0, 0.05) is 5.92 Å². The van der Waals surface area contributed by atoms with Gasteiger partial charge in [-0.1, -0.05) is 36.8 Å². The molecule has 0 aromatic heterocycles. The lowest BCUT2D eigenvalue weighted by molar-refractivity contribution is 0.650. The van der Waals surface area contributed by atoms with Gasteiger partial charge < -0.3 is 0 Å². The second kappa shape index (κ2) is 2.48. The molecular formula is C8H8ClN. The predicted molar refractivity (Wildman–Crippen MR) is 41.6 cm³/mol. The van der Waals surface area contributed by atoms with Gasteiger partial charge in [0.05, 0.1) is 6.07 Å². The van der Waals surface area contributed by atoms with Crippen molar-refractivity contribution in [3.8, 4) is 6.07 Å². The molecule has 2 unspecified atom stereocenters. The number of halogens is 1. The summed E-state index contributed by atoms with van der Waals surface area (Å²) in [4.78, 5) is -0.811. The van der Waals surface area contributed by atoms with Gasteiger partial charge in [-0.3, -0.25) is 0 Å². The molecule has 0 radical (unpaired) electrons. The van der Waals surface area contributed by atoms with Crippen molar-refractivity contribution in [3.05, 3.63) is 24.3 Å². The third-order valence-electron chi connectivity index (χ3n) is 1.68. The second-order valence-corrected chi connectivity index (χ2v) is 3.04. The molecule has 1 nitrogen and oxygen atoms in total. The Morgan fingerprint density at radius 1 is 1.60 bits per heavy atom. The summed E-state index contributed by atoms with van der Waals surface area (Å²) in [5.41, 5.74) is 0. The molecule has 0 aromatic rings. The first kappa shape index (κ1) is 7.37. The van der Waals surface area contributed by atoms with Crippen LogP contribution < -0.4 is 0 Å². The molecule has 0 saturated carbocycles. The van der Waals surface area contributed by atoms with Crippen molar-refractivity contribution in [2.24, 2.45) is 5.92 Å². The molecule has 1 aliphatic rings. The van der Waals surface area contributed by atoms with Gasteiger partial charge in [-0.05, 0) is 6.08 Å². The summed E-state index contributed by atoms with van der Waals surface area (Å²) in [7, 11) is 0. The van der Waals surface area contributed by atoms with Crippen molar-refractivity contribution in [2.45, 2.75) is 11.8 Å². The summed E-state index contributed by atoms with van der Waals surface area (Å²) in [6.45, 7) is 1.93. The molecule has 0 spiro atoms. The van der Waals surface area contributed by atoms with Crippen LogP contribution in [0, 0.1) is 17.2 Å². The van der Waals surface area contributed by atoms with Crippen molar-refractivity contribution in [3.63, 3.8) is 0 Å². The number of hydrogen-bond donors (Lipinski definition) is 0. The van der Waals surface area contributed by atoms with E-state index in [4.69, 9.17) is 16.9 Å². The number of rotatable bonds is 0. The normalized spacial score (nSPS) is 37.5. The smallest absolute Gasteiger partial charge is 0.155 e. The highest BCUT2D eigenvalue weighted by molar-refractivity contribution is 6.27. The largest absolute Gasteiger partial charge is 0.196 e. The lowest BCUT2D eigenvalue weighted by atomic mass is 9.90. The monoisotopic (exact) mass is 153 g/mol. The highest BCUT2D eigenvalue weighted by atomic mass is 35.5. The van der Waals surface area contributed by atoms with Crippen molar-refractivity contribution in [1.82, 2.24) is 0 Å². The fourth-order valence-electron chi connectivity index (χ4n) is 0.857. The van der Waals surface area contributed by atoms with E-state index in [2.05, 4.69) is 6.07 Å². The minimum absolute atomic E-state index is 0.101. The molecule has 0 saturated heterocycles. The first-order chi connectivity index (χ1) is 4.69. The van der Waals surface area contributed by atoms with E-state index in [0.29, 0.717) is 0 Å². The van der Waals surface area contributed by atoms with Gasteiger partial charge in [0.25, 0.3) is 0 Å². The fourth-order valence-corrected chi connectivity index (χ4v) is 1.00. The van der Waals surface area contributed by atoms with Crippen LogP contribution in [0.25, 0.3) is 0 Å². The van der Waals surface area contributed by atoms with E-state index in [1.807, 2.05) is 19.1 Å². The van der Waals surface area contributed by atoms with Gasteiger partial charge in [-0.2, -0.15) is 5.26 Å². The molecular weight excluding hydrogens is 146 g/mol. The summed E-state index contributed by atoms with van der Waals surface area (Å²) >= 11 is 5.91. The van der Waals surface area contributed by atoms with Gasteiger partial charge in [-0.25, -0.2) is 0 Å². The molecule has 0 fully saturated rings. The topological polar surface area (TPSA) is 23.8 Å². The van der Waals surface area contributed by atoms with Crippen LogP contribution in [-0.2, 0) is 0 Å². The Morgan fingerprint density at radius 3 is 2.70 bits per heavy atom. The minimum atomic E-state index is -0.811. The molecule has 0 bridgehead atoms. The summed E-state index contributed by atoms with van der Waals surface area (Å²) in [6.07, 6.45) is 7.36. The molecule has 0 amide bonds. The SMILES string of the molecule is CC1C=CC=CC1(Cl)C#N.